The third-order valence-corrected chi connectivity index (χ3v) is 2.56. The van der Waals surface area contributed by atoms with Gasteiger partial charge < -0.3 is 5.32 Å². The third-order valence-electron chi connectivity index (χ3n) is 2.56. The van der Waals surface area contributed by atoms with Gasteiger partial charge in [0, 0.05) is 18.3 Å². The lowest BCUT2D eigenvalue weighted by Gasteiger charge is -2.07. The van der Waals surface area contributed by atoms with Gasteiger partial charge >= 0.3 is 0 Å². The molecular weight excluding hydrogens is 229 g/mol. The number of nitrogens with one attached hydrogen (secondary N) is 1. The number of pyridine rings is 1. The predicted octanol–water partition coefficient (Wildman–Crippen LogP) is 3.01. The highest BCUT2D eigenvalue weighted by Gasteiger charge is 2.03. The zero-order chi connectivity index (χ0) is 13.0. The van der Waals surface area contributed by atoms with Crippen LogP contribution in [0.15, 0.2) is 36.5 Å². The summed E-state index contributed by atoms with van der Waals surface area (Å²) in [6.07, 6.45) is 1.70. The smallest absolute Gasteiger partial charge is 0.129 e. The summed E-state index contributed by atoms with van der Waals surface area (Å²) >= 11 is 0. The topological polar surface area (TPSA) is 48.7 Å². The van der Waals surface area contributed by atoms with E-state index < -0.39 is 0 Å². The number of hydrogen-bond acceptors (Lipinski definition) is 3. The Labute approximate surface area is 105 Å². The monoisotopic (exact) mass is 241 g/mol. The number of nitriles is 1. The van der Waals surface area contributed by atoms with Gasteiger partial charge in [-0.05, 0) is 36.8 Å². The van der Waals surface area contributed by atoms with E-state index in [1.54, 1.807) is 18.3 Å². The Bertz CT molecular complexity index is 602. The Balaban J connectivity index is 2.09. The van der Waals surface area contributed by atoms with Gasteiger partial charge in [0.1, 0.15) is 11.6 Å². The van der Waals surface area contributed by atoms with Crippen LogP contribution in [0.5, 0.6) is 0 Å². The average molecular weight is 241 g/mol. The van der Waals surface area contributed by atoms with E-state index in [9.17, 15) is 4.39 Å². The summed E-state index contributed by atoms with van der Waals surface area (Å²) in [5.41, 5.74) is 1.93. The van der Waals surface area contributed by atoms with E-state index in [-0.39, 0.29) is 5.82 Å². The largest absolute Gasteiger partial charge is 0.366 e. The maximum Gasteiger partial charge on any atom is 0.129 e. The number of halogens is 1. The molecule has 0 unspecified atom stereocenters. The van der Waals surface area contributed by atoms with Crippen molar-refractivity contribution < 1.29 is 4.39 Å². The van der Waals surface area contributed by atoms with Crippen LogP contribution in [0.25, 0.3) is 0 Å². The first-order valence-corrected chi connectivity index (χ1v) is 5.54. The number of aromatic nitrogens is 1. The third kappa shape index (κ3) is 2.83. The van der Waals surface area contributed by atoms with Gasteiger partial charge in [0.25, 0.3) is 0 Å². The summed E-state index contributed by atoms with van der Waals surface area (Å²) in [5, 5.41) is 11.7. The van der Waals surface area contributed by atoms with E-state index in [0.717, 1.165) is 5.56 Å². The van der Waals surface area contributed by atoms with Crippen LogP contribution in [0, 0.1) is 24.1 Å². The first-order valence-electron chi connectivity index (χ1n) is 5.54. The van der Waals surface area contributed by atoms with Gasteiger partial charge in [-0.1, -0.05) is 6.07 Å². The van der Waals surface area contributed by atoms with Crippen LogP contribution in [0.1, 0.15) is 16.7 Å². The van der Waals surface area contributed by atoms with Crippen LogP contribution in [0.2, 0.25) is 0 Å². The molecule has 1 aromatic heterocycles. The Morgan fingerprint density at radius 3 is 2.83 bits per heavy atom. The molecule has 90 valence electrons. The molecule has 0 aliphatic carbocycles. The Morgan fingerprint density at radius 2 is 2.17 bits per heavy atom. The minimum atomic E-state index is -0.380. The highest BCUT2D eigenvalue weighted by Crippen LogP contribution is 2.12. The molecule has 0 fully saturated rings. The van der Waals surface area contributed by atoms with Crippen LogP contribution in [-0.4, -0.2) is 4.98 Å². The molecule has 1 aromatic carbocycles. The van der Waals surface area contributed by atoms with Gasteiger partial charge in [0.15, 0.2) is 0 Å². The second kappa shape index (κ2) is 5.28. The average Bonchev–Trinajstić information content (AvgIpc) is 2.37. The molecule has 0 amide bonds. The molecule has 2 rings (SSSR count). The number of anilines is 1. The van der Waals surface area contributed by atoms with E-state index in [1.165, 1.54) is 6.07 Å². The maximum atomic E-state index is 13.6. The van der Waals surface area contributed by atoms with Crippen molar-refractivity contribution in [3.05, 3.63) is 59.0 Å². The molecule has 2 aromatic rings. The van der Waals surface area contributed by atoms with Crippen LogP contribution in [0.4, 0.5) is 10.2 Å². The molecule has 0 aliphatic rings. The lowest BCUT2D eigenvalue weighted by Crippen LogP contribution is -2.03. The lowest BCUT2D eigenvalue weighted by molar-refractivity contribution is 0.612. The van der Waals surface area contributed by atoms with E-state index in [1.807, 2.05) is 25.1 Å². The maximum absolute atomic E-state index is 13.6. The normalized spacial score (nSPS) is 9.83. The highest BCUT2D eigenvalue weighted by atomic mass is 19.1. The number of benzene rings is 1. The minimum absolute atomic E-state index is 0.324. The summed E-state index contributed by atoms with van der Waals surface area (Å²) < 4.78 is 13.6. The summed E-state index contributed by atoms with van der Waals surface area (Å²) in [5.74, 6) is 0.327. The summed E-state index contributed by atoms with van der Waals surface area (Å²) in [4.78, 5) is 4.13. The van der Waals surface area contributed by atoms with Crippen molar-refractivity contribution >= 4 is 5.82 Å². The zero-order valence-electron chi connectivity index (χ0n) is 9.94. The van der Waals surface area contributed by atoms with Gasteiger partial charge in [-0.15, -0.1) is 0 Å². The van der Waals surface area contributed by atoms with E-state index in [2.05, 4.69) is 10.3 Å². The number of nitrogens with zero attached hydrogens (tertiary/aromatic N) is 2. The molecule has 1 heterocycles. The van der Waals surface area contributed by atoms with Gasteiger partial charge in [0.05, 0.1) is 11.6 Å². The van der Waals surface area contributed by atoms with E-state index in [4.69, 9.17) is 5.26 Å². The predicted molar refractivity (Wildman–Crippen MR) is 67.4 cm³/mol. The molecule has 0 bridgehead atoms. The first kappa shape index (κ1) is 12.1. The SMILES string of the molecule is Cc1ccnc(NCc2ccc(C#N)cc2F)c1. The molecule has 0 radical (unpaired) electrons. The lowest BCUT2D eigenvalue weighted by atomic mass is 10.1. The van der Waals surface area contributed by atoms with E-state index in [0.29, 0.717) is 23.5 Å². The van der Waals surface area contributed by atoms with Crippen molar-refractivity contribution in [3.8, 4) is 6.07 Å². The highest BCUT2D eigenvalue weighted by molar-refractivity contribution is 5.39. The van der Waals surface area contributed by atoms with Crippen LogP contribution in [-0.2, 0) is 6.54 Å². The van der Waals surface area contributed by atoms with Crippen LogP contribution >= 0.6 is 0 Å². The van der Waals surface area contributed by atoms with Crippen LogP contribution < -0.4 is 5.32 Å². The minimum Gasteiger partial charge on any atom is -0.366 e. The second-order valence-electron chi connectivity index (χ2n) is 3.99. The molecule has 0 atom stereocenters. The fourth-order valence-electron chi connectivity index (χ4n) is 1.58. The number of aryl methyl sites for hydroxylation is 1. The first-order chi connectivity index (χ1) is 8.69. The fourth-order valence-corrected chi connectivity index (χ4v) is 1.58. The molecule has 3 nitrogen and oxygen atoms in total. The molecule has 0 saturated carbocycles. The Hall–Kier alpha value is -2.41. The fraction of sp³-hybridized carbons (Fsp3) is 0.143. The Kier molecular flexibility index (Phi) is 3.54. The molecular formula is C14H12FN3. The molecule has 0 spiro atoms. The van der Waals surface area contributed by atoms with Gasteiger partial charge in [0.2, 0.25) is 0 Å². The molecule has 18 heavy (non-hydrogen) atoms. The Morgan fingerprint density at radius 1 is 1.33 bits per heavy atom. The van der Waals surface area contributed by atoms with Gasteiger partial charge in [-0.3, -0.25) is 0 Å². The summed E-state index contributed by atoms with van der Waals surface area (Å²) in [7, 11) is 0. The summed E-state index contributed by atoms with van der Waals surface area (Å²) in [6, 6.07) is 10.1. The quantitative estimate of drug-likeness (QED) is 0.898. The standard InChI is InChI=1S/C14H12FN3/c1-10-4-5-17-14(6-10)18-9-12-3-2-11(8-16)7-13(12)15/h2-7H,9H2,1H3,(H,17,18). The molecule has 0 saturated heterocycles. The van der Waals surface area contributed by atoms with Crippen molar-refractivity contribution in [2.45, 2.75) is 13.5 Å². The molecule has 0 aliphatic heterocycles. The molecule has 1 N–H and O–H groups in total. The van der Waals surface area contributed by atoms with Crippen molar-refractivity contribution in [1.82, 2.24) is 4.98 Å². The molecule has 4 heteroatoms. The van der Waals surface area contributed by atoms with Crippen molar-refractivity contribution in [1.29, 1.82) is 5.26 Å². The van der Waals surface area contributed by atoms with Crippen LogP contribution in [0.3, 0.4) is 0 Å². The van der Waals surface area contributed by atoms with Gasteiger partial charge in [-0.2, -0.15) is 5.26 Å². The zero-order valence-corrected chi connectivity index (χ0v) is 9.94. The number of rotatable bonds is 3. The van der Waals surface area contributed by atoms with E-state index >= 15 is 0 Å². The van der Waals surface area contributed by atoms with Crippen molar-refractivity contribution in [2.24, 2.45) is 0 Å². The van der Waals surface area contributed by atoms with Crippen molar-refractivity contribution in [3.63, 3.8) is 0 Å². The summed E-state index contributed by atoms with van der Waals surface area (Å²) in [6.45, 7) is 2.31. The van der Waals surface area contributed by atoms with Crippen molar-refractivity contribution in [2.75, 3.05) is 5.32 Å². The second-order valence-corrected chi connectivity index (χ2v) is 3.99. The number of hydrogen-bond donors (Lipinski definition) is 1. The van der Waals surface area contributed by atoms with Gasteiger partial charge in [-0.25, -0.2) is 9.37 Å².